The maximum Gasteiger partial charge on any atom is 0.416 e. The van der Waals surface area contributed by atoms with Gasteiger partial charge in [-0.25, -0.2) is 12.8 Å². The van der Waals surface area contributed by atoms with Crippen molar-refractivity contribution in [3.63, 3.8) is 0 Å². The van der Waals surface area contributed by atoms with Crippen LogP contribution < -0.4 is 10.2 Å². The normalized spacial score (nSPS) is 21.1. The summed E-state index contributed by atoms with van der Waals surface area (Å²) in [5.41, 5.74) is 0.0431. The molecular weight excluding hydrogens is 532 g/mol. The van der Waals surface area contributed by atoms with Crippen molar-refractivity contribution in [1.29, 1.82) is 0 Å². The van der Waals surface area contributed by atoms with Crippen LogP contribution in [-0.4, -0.2) is 67.6 Å². The number of halogens is 4. The number of nitrogens with zero attached hydrogens (tertiary/aromatic N) is 3. The lowest BCUT2D eigenvalue weighted by Crippen LogP contribution is -2.52. The fourth-order valence-corrected chi connectivity index (χ4v) is 6.45. The number of imide groups is 1. The van der Waals surface area contributed by atoms with Gasteiger partial charge in [-0.2, -0.15) is 17.5 Å². The van der Waals surface area contributed by atoms with Crippen LogP contribution >= 0.6 is 0 Å². The van der Waals surface area contributed by atoms with E-state index in [1.807, 2.05) is 0 Å². The Labute approximate surface area is 215 Å². The molecule has 2 fully saturated rings. The number of fused-ring (bicyclic) bond motifs is 1. The van der Waals surface area contributed by atoms with Crippen molar-refractivity contribution in [1.82, 2.24) is 14.5 Å². The lowest BCUT2D eigenvalue weighted by Gasteiger charge is -2.36. The molecule has 0 saturated carbocycles. The van der Waals surface area contributed by atoms with Crippen molar-refractivity contribution >= 4 is 33.4 Å². The molecular formula is C24H22F4N4O5S. The van der Waals surface area contributed by atoms with Crippen LogP contribution in [0.15, 0.2) is 41.3 Å². The van der Waals surface area contributed by atoms with Crippen LogP contribution in [0, 0.1) is 5.82 Å². The topological polar surface area (TPSA) is 107 Å². The predicted molar refractivity (Wildman–Crippen MR) is 125 cm³/mol. The van der Waals surface area contributed by atoms with Crippen LogP contribution in [0.3, 0.4) is 0 Å². The lowest BCUT2D eigenvalue weighted by atomic mass is 10.0. The first-order chi connectivity index (χ1) is 17.9. The molecule has 5 rings (SSSR count). The molecule has 2 aromatic carbocycles. The zero-order valence-electron chi connectivity index (χ0n) is 19.8. The maximum absolute atomic E-state index is 14.5. The molecule has 38 heavy (non-hydrogen) atoms. The van der Waals surface area contributed by atoms with Gasteiger partial charge in [-0.1, -0.05) is 0 Å². The molecule has 1 unspecified atom stereocenters. The van der Waals surface area contributed by atoms with Gasteiger partial charge in [-0.3, -0.25) is 19.7 Å². The number of carbonyl (C=O) groups excluding carboxylic acids is 3. The molecule has 202 valence electrons. The van der Waals surface area contributed by atoms with Crippen molar-refractivity contribution in [3.05, 3.63) is 58.9 Å². The summed E-state index contributed by atoms with van der Waals surface area (Å²) < 4.78 is 80.2. The zero-order valence-corrected chi connectivity index (χ0v) is 20.6. The van der Waals surface area contributed by atoms with Gasteiger partial charge in [0.05, 0.1) is 10.5 Å². The Morgan fingerprint density at radius 2 is 1.61 bits per heavy atom. The van der Waals surface area contributed by atoms with E-state index in [0.29, 0.717) is 23.4 Å². The summed E-state index contributed by atoms with van der Waals surface area (Å²) in [7, 11) is -4.06. The smallest absolute Gasteiger partial charge is 0.369 e. The summed E-state index contributed by atoms with van der Waals surface area (Å²) in [6, 6.07) is 4.74. The van der Waals surface area contributed by atoms with Crippen molar-refractivity contribution in [3.8, 4) is 0 Å². The molecule has 3 aliphatic heterocycles. The highest BCUT2D eigenvalue weighted by Gasteiger charge is 2.41. The third-order valence-corrected chi connectivity index (χ3v) is 8.91. The number of amides is 3. The SMILES string of the molecule is O=C1CCC(N2Cc3c(cc(F)cc3N3CCN(S(=O)(=O)c4ccc(C(F)(F)F)cc4)CC3)C2=O)C(=O)N1. The standard InChI is InChI=1S/C24H22F4N4O5S/c25-15-11-17-18(13-32(23(17)35)19-5-6-21(33)29-22(19)34)20(12-15)30-7-9-31(10-8-30)38(36,37)16-3-1-14(2-4-16)24(26,27)28/h1-4,11-12,19H,5-10,13H2,(H,29,33,34). The molecule has 0 aliphatic carbocycles. The fraction of sp³-hybridized carbons (Fsp3) is 0.375. The van der Waals surface area contributed by atoms with E-state index in [9.17, 15) is 40.4 Å². The molecule has 0 radical (unpaired) electrons. The van der Waals surface area contributed by atoms with Gasteiger partial charge >= 0.3 is 6.18 Å². The molecule has 3 heterocycles. The van der Waals surface area contributed by atoms with Crippen LogP contribution in [0.4, 0.5) is 23.2 Å². The average Bonchev–Trinajstić information content (AvgIpc) is 3.19. The summed E-state index contributed by atoms with van der Waals surface area (Å²) in [6.45, 7) is 0.281. The number of anilines is 1. The van der Waals surface area contributed by atoms with Crippen LogP contribution in [0.1, 0.15) is 34.3 Å². The lowest BCUT2D eigenvalue weighted by molar-refractivity contribution is -0.138. The van der Waals surface area contributed by atoms with Crippen LogP contribution in [0.25, 0.3) is 0 Å². The van der Waals surface area contributed by atoms with Gasteiger partial charge in [0.2, 0.25) is 21.8 Å². The first-order valence-electron chi connectivity index (χ1n) is 11.8. The minimum absolute atomic E-state index is 0.0144. The van der Waals surface area contributed by atoms with E-state index in [0.717, 1.165) is 22.5 Å². The molecule has 14 heteroatoms. The Morgan fingerprint density at radius 3 is 2.21 bits per heavy atom. The van der Waals surface area contributed by atoms with Crippen LogP contribution in [-0.2, 0) is 32.3 Å². The van der Waals surface area contributed by atoms with E-state index >= 15 is 0 Å². The summed E-state index contributed by atoms with van der Waals surface area (Å²) in [6.07, 6.45) is -4.36. The number of alkyl halides is 3. The number of piperazine rings is 1. The second-order valence-corrected chi connectivity index (χ2v) is 11.2. The summed E-state index contributed by atoms with van der Waals surface area (Å²) in [5.74, 6) is -2.21. The van der Waals surface area contributed by atoms with Crippen LogP contribution in [0.5, 0.6) is 0 Å². The minimum atomic E-state index is -4.59. The molecule has 2 aromatic rings. The second-order valence-electron chi connectivity index (χ2n) is 9.26. The van der Waals surface area contributed by atoms with E-state index in [1.165, 1.54) is 11.0 Å². The van der Waals surface area contributed by atoms with Gasteiger partial charge in [-0.05, 0) is 42.8 Å². The number of hydrogen-bond acceptors (Lipinski definition) is 6. The van der Waals surface area contributed by atoms with Gasteiger partial charge < -0.3 is 9.80 Å². The molecule has 9 nitrogen and oxygen atoms in total. The Kier molecular flexibility index (Phi) is 6.42. The number of benzene rings is 2. The summed E-state index contributed by atoms with van der Waals surface area (Å²) in [5, 5.41) is 2.21. The summed E-state index contributed by atoms with van der Waals surface area (Å²) in [4.78, 5) is 39.7. The fourth-order valence-electron chi connectivity index (χ4n) is 5.02. The van der Waals surface area contributed by atoms with Crippen LogP contribution in [0.2, 0.25) is 0 Å². The quantitative estimate of drug-likeness (QED) is 0.459. The Morgan fingerprint density at radius 1 is 0.947 bits per heavy atom. The Balaban J connectivity index is 1.33. The Hall–Kier alpha value is -3.52. The van der Waals surface area contributed by atoms with E-state index in [2.05, 4.69) is 5.32 Å². The molecule has 2 saturated heterocycles. The van der Waals surface area contributed by atoms with E-state index < -0.39 is 51.3 Å². The van der Waals surface area contributed by atoms with Gasteiger partial charge in [0, 0.05) is 56.0 Å². The minimum Gasteiger partial charge on any atom is -0.369 e. The molecule has 0 aromatic heterocycles. The zero-order chi connectivity index (χ0) is 27.4. The third kappa shape index (κ3) is 4.62. The molecule has 1 N–H and O–H groups in total. The van der Waals surface area contributed by atoms with E-state index in [1.54, 1.807) is 4.90 Å². The molecule has 3 amide bonds. The van der Waals surface area contributed by atoms with Crippen molar-refractivity contribution in [2.75, 3.05) is 31.1 Å². The monoisotopic (exact) mass is 554 g/mol. The number of nitrogens with one attached hydrogen (secondary N) is 1. The third-order valence-electron chi connectivity index (χ3n) is 7.00. The number of sulfonamides is 1. The van der Waals surface area contributed by atoms with Crippen molar-refractivity contribution < 1.29 is 40.4 Å². The largest absolute Gasteiger partial charge is 0.416 e. The summed E-state index contributed by atoms with van der Waals surface area (Å²) >= 11 is 0. The maximum atomic E-state index is 14.5. The first kappa shape index (κ1) is 26.1. The van der Waals surface area contributed by atoms with Gasteiger partial charge in [0.25, 0.3) is 5.91 Å². The van der Waals surface area contributed by atoms with Gasteiger partial charge in [0.15, 0.2) is 0 Å². The predicted octanol–water partition coefficient (Wildman–Crippen LogP) is 2.12. The van der Waals surface area contributed by atoms with Crippen molar-refractivity contribution in [2.45, 2.75) is 36.5 Å². The number of hydrogen-bond donors (Lipinski definition) is 1. The number of piperidine rings is 1. The first-order valence-corrected chi connectivity index (χ1v) is 13.2. The average molecular weight is 555 g/mol. The second kappa shape index (κ2) is 9.34. The van der Waals surface area contributed by atoms with Crippen molar-refractivity contribution in [2.24, 2.45) is 0 Å². The van der Waals surface area contributed by atoms with Gasteiger partial charge in [-0.15, -0.1) is 0 Å². The highest BCUT2D eigenvalue weighted by Crippen LogP contribution is 2.36. The molecule has 1 atom stereocenters. The number of rotatable bonds is 4. The number of carbonyl (C=O) groups is 3. The van der Waals surface area contributed by atoms with E-state index in [-0.39, 0.29) is 56.0 Å². The van der Waals surface area contributed by atoms with E-state index in [4.69, 9.17) is 0 Å². The Bertz CT molecular complexity index is 1420. The molecule has 0 bridgehead atoms. The molecule has 0 spiro atoms. The highest BCUT2D eigenvalue weighted by atomic mass is 32.2. The highest BCUT2D eigenvalue weighted by molar-refractivity contribution is 7.89. The molecule has 3 aliphatic rings. The van der Waals surface area contributed by atoms with Gasteiger partial charge in [0.1, 0.15) is 11.9 Å².